The molecular formula is C14H28N2O2. The molecule has 0 aromatic heterocycles. The van der Waals surface area contributed by atoms with Crippen LogP contribution in [0.1, 0.15) is 41.0 Å². The number of morpholine rings is 1. The maximum atomic E-state index is 11.6. The number of nitrogens with one attached hydrogen (secondary N) is 1. The summed E-state index contributed by atoms with van der Waals surface area (Å²) in [5, 5.41) is 3.13. The van der Waals surface area contributed by atoms with Crippen LogP contribution in [0.25, 0.3) is 0 Å². The summed E-state index contributed by atoms with van der Waals surface area (Å²) in [7, 11) is 0. The molecule has 4 nitrogen and oxygen atoms in total. The highest BCUT2D eigenvalue weighted by molar-refractivity contribution is 5.75. The Balaban J connectivity index is 2.62. The highest BCUT2D eigenvalue weighted by atomic mass is 16.5. The molecular weight excluding hydrogens is 228 g/mol. The zero-order valence-electron chi connectivity index (χ0n) is 12.5. The van der Waals surface area contributed by atoms with E-state index in [-0.39, 0.29) is 17.5 Å². The lowest BCUT2D eigenvalue weighted by Crippen LogP contribution is -2.58. The molecule has 4 heteroatoms. The van der Waals surface area contributed by atoms with Crippen molar-refractivity contribution in [1.82, 2.24) is 10.2 Å². The molecule has 1 atom stereocenters. The van der Waals surface area contributed by atoms with E-state index in [1.54, 1.807) is 0 Å². The highest BCUT2D eigenvalue weighted by Crippen LogP contribution is 2.20. The van der Waals surface area contributed by atoms with Crippen molar-refractivity contribution in [1.29, 1.82) is 0 Å². The van der Waals surface area contributed by atoms with E-state index in [2.05, 4.69) is 37.9 Å². The van der Waals surface area contributed by atoms with Gasteiger partial charge in [-0.1, -0.05) is 20.8 Å². The largest absolute Gasteiger partial charge is 0.378 e. The van der Waals surface area contributed by atoms with Crippen LogP contribution in [0.15, 0.2) is 0 Å². The molecule has 0 aromatic rings. The smallest absolute Gasteiger partial charge is 0.219 e. The molecule has 1 amide bonds. The number of ether oxygens (including phenoxy) is 1. The number of hydrogen-bond acceptors (Lipinski definition) is 3. The number of carbonyl (C=O) groups is 1. The summed E-state index contributed by atoms with van der Waals surface area (Å²) in [5.74, 6) is 0.582. The number of rotatable bonds is 5. The van der Waals surface area contributed by atoms with Crippen molar-refractivity contribution in [2.45, 2.75) is 52.6 Å². The first-order chi connectivity index (χ1) is 8.36. The minimum Gasteiger partial charge on any atom is -0.378 e. The minimum atomic E-state index is 0.0579. The van der Waals surface area contributed by atoms with E-state index < -0.39 is 0 Å². The first kappa shape index (κ1) is 15.4. The Hall–Kier alpha value is -0.610. The van der Waals surface area contributed by atoms with Gasteiger partial charge in [-0.15, -0.1) is 0 Å². The Morgan fingerprint density at radius 1 is 1.44 bits per heavy atom. The summed E-state index contributed by atoms with van der Waals surface area (Å²) in [6.45, 7) is 14.0. The van der Waals surface area contributed by atoms with Crippen molar-refractivity contribution in [3.05, 3.63) is 0 Å². The molecule has 0 saturated carbocycles. The van der Waals surface area contributed by atoms with Crippen LogP contribution in [0, 0.1) is 5.92 Å². The molecule has 1 aliphatic rings. The zero-order chi connectivity index (χ0) is 13.8. The first-order valence-corrected chi connectivity index (χ1v) is 6.99. The van der Waals surface area contributed by atoms with Gasteiger partial charge in [-0.25, -0.2) is 0 Å². The van der Waals surface area contributed by atoms with Crippen molar-refractivity contribution >= 4 is 5.91 Å². The number of nitrogens with zero attached hydrogens (tertiary/aromatic N) is 1. The first-order valence-electron chi connectivity index (χ1n) is 6.99. The lowest BCUT2D eigenvalue weighted by atomic mass is 9.97. The molecule has 1 heterocycles. The molecule has 0 radical (unpaired) electrons. The van der Waals surface area contributed by atoms with Gasteiger partial charge in [0.25, 0.3) is 0 Å². The topological polar surface area (TPSA) is 41.6 Å². The van der Waals surface area contributed by atoms with E-state index in [9.17, 15) is 4.79 Å². The van der Waals surface area contributed by atoms with Crippen LogP contribution in [-0.4, -0.2) is 48.7 Å². The van der Waals surface area contributed by atoms with Crippen molar-refractivity contribution in [2.24, 2.45) is 5.92 Å². The predicted octanol–water partition coefficient (Wildman–Crippen LogP) is 1.65. The van der Waals surface area contributed by atoms with E-state index in [1.807, 2.05) is 6.92 Å². The standard InChI is InChI=1S/C14H28N2O2/c1-6-13(17)15-12(11(2)3)9-16-7-8-18-10-14(16,4)5/h11-12H,6-10H2,1-5H3,(H,15,17). The zero-order valence-corrected chi connectivity index (χ0v) is 12.5. The lowest BCUT2D eigenvalue weighted by molar-refractivity contribution is -0.122. The summed E-state index contributed by atoms with van der Waals surface area (Å²) in [6, 6.07) is 0.217. The normalized spacial score (nSPS) is 21.9. The van der Waals surface area contributed by atoms with E-state index in [0.29, 0.717) is 12.3 Å². The van der Waals surface area contributed by atoms with Gasteiger partial charge in [0.15, 0.2) is 0 Å². The average molecular weight is 256 g/mol. The molecule has 0 spiro atoms. The van der Waals surface area contributed by atoms with Gasteiger partial charge >= 0.3 is 0 Å². The van der Waals surface area contributed by atoms with Crippen LogP contribution < -0.4 is 5.32 Å². The van der Waals surface area contributed by atoms with Crippen LogP contribution >= 0.6 is 0 Å². The van der Waals surface area contributed by atoms with Gasteiger partial charge in [-0.2, -0.15) is 0 Å². The number of amides is 1. The molecule has 106 valence electrons. The minimum absolute atomic E-state index is 0.0579. The van der Waals surface area contributed by atoms with Gasteiger partial charge in [0.05, 0.1) is 13.2 Å². The Morgan fingerprint density at radius 3 is 2.61 bits per heavy atom. The van der Waals surface area contributed by atoms with E-state index >= 15 is 0 Å². The Morgan fingerprint density at radius 2 is 2.11 bits per heavy atom. The van der Waals surface area contributed by atoms with Crippen LogP contribution in [0.5, 0.6) is 0 Å². The third-order valence-corrected chi connectivity index (χ3v) is 3.71. The van der Waals surface area contributed by atoms with Crippen LogP contribution in [-0.2, 0) is 9.53 Å². The second-order valence-corrected chi connectivity index (χ2v) is 6.08. The molecule has 1 aliphatic heterocycles. The van der Waals surface area contributed by atoms with Crippen LogP contribution in [0.3, 0.4) is 0 Å². The van der Waals surface area contributed by atoms with Gasteiger partial charge in [0, 0.05) is 31.1 Å². The van der Waals surface area contributed by atoms with Gasteiger partial charge in [0.2, 0.25) is 5.91 Å². The molecule has 0 aromatic carbocycles. The number of hydrogen-bond donors (Lipinski definition) is 1. The van der Waals surface area contributed by atoms with Gasteiger partial charge in [-0.3, -0.25) is 9.69 Å². The van der Waals surface area contributed by atoms with Gasteiger partial charge < -0.3 is 10.1 Å². The molecule has 18 heavy (non-hydrogen) atoms. The average Bonchev–Trinajstić information content (AvgIpc) is 2.30. The molecule has 1 saturated heterocycles. The fraction of sp³-hybridized carbons (Fsp3) is 0.929. The van der Waals surface area contributed by atoms with E-state index in [4.69, 9.17) is 4.74 Å². The van der Waals surface area contributed by atoms with Gasteiger partial charge in [0.1, 0.15) is 0 Å². The monoisotopic (exact) mass is 256 g/mol. The predicted molar refractivity (Wildman–Crippen MR) is 73.5 cm³/mol. The molecule has 1 N–H and O–H groups in total. The molecule has 0 bridgehead atoms. The summed E-state index contributed by atoms with van der Waals surface area (Å²) in [6.07, 6.45) is 0.551. The molecule has 1 unspecified atom stereocenters. The van der Waals surface area contributed by atoms with Gasteiger partial charge in [-0.05, 0) is 19.8 Å². The Labute approximate surface area is 111 Å². The van der Waals surface area contributed by atoms with Crippen LogP contribution in [0.4, 0.5) is 0 Å². The van der Waals surface area contributed by atoms with Crippen LogP contribution in [0.2, 0.25) is 0 Å². The molecule has 1 rings (SSSR count). The third-order valence-electron chi connectivity index (χ3n) is 3.71. The van der Waals surface area contributed by atoms with Crippen molar-refractivity contribution in [3.8, 4) is 0 Å². The number of carbonyl (C=O) groups excluding carboxylic acids is 1. The SMILES string of the molecule is CCC(=O)NC(CN1CCOCC1(C)C)C(C)C. The summed E-state index contributed by atoms with van der Waals surface area (Å²) >= 11 is 0. The molecule has 0 aliphatic carbocycles. The van der Waals surface area contributed by atoms with E-state index in [1.165, 1.54) is 0 Å². The third kappa shape index (κ3) is 4.25. The highest BCUT2D eigenvalue weighted by Gasteiger charge is 2.32. The fourth-order valence-electron chi connectivity index (χ4n) is 2.20. The summed E-state index contributed by atoms with van der Waals surface area (Å²) < 4.78 is 5.53. The van der Waals surface area contributed by atoms with E-state index in [0.717, 1.165) is 26.3 Å². The second-order valence-electron chi connectivity index (χ2n) is 6.08. The van der Waals surface area contributed by atoms with Crippen molar-refractivity contribution in [3.63, 3.8) is 0 Å². The second kappa shape index (κ2) is 6.53. The quantitative estimate of drug-likeness (QED) is 0.813. The maximum Gasteiger partial charge on any atom is 0.219 e. The maximum absolute atomic E-state index is 11.6. The Bertz CT molecular complexity index is 277. The fourth-order valence-corrected chi connectivity index (χ4v) is 2.20. The lowest BCUT2D eigenvalue weighted by Gasteiger charge is -2.44. The van der Waals surface area contributed by atoms with Crippen molar-refractivity contribution < 1.29 is 9.53 Å². The summed E-state index contributed by atoms with van der Waals surface area (Å²) in [5.41, 5.74) is 0.0579. The molecule has 1 fully saturated rings. The van der Waals surface area contributed by atoms with Crippen molar-refractivity contribution in [2.75, 3.05) is 26.3 Å². The summed E-state index contributed by atoms with van der Waals surface area (Å²) in [4.78, 5) is 14.0. The Kier molecular flexibility index (Phi) is 5.60.